The Labute approximate surface area is 101 Å². The highest BCUT2D eigenvalue weighted by Crippen LogP contribution is 2.10. The Hall–Kier alpha value is -2.04. The molecule has 5 nitrogen and oxygen atoms in total. The second-order valence-corrected chi connectivity index (χ2v) is 3.91. The number of anilines is 1. The average Bonchev–Trinajstić information content (AvgIpc) is 2.28. The molecule has 0 unspecified atom stereocenters. The summed E-state index contributed by atoms with van der Waals surface area (Å²) in [4.78, 5) is 22.8. The van der Waals surface area contributed by atoms with Crippen LogP contribution in [0, 0.1) is 0 Å². The molecule has 0 saturated carbocycles. The molecule has 0 heterocycles. The van der Waals surface area contributed by atoms with Crippen molar-refractivity contribution in [1.29, 1.82) is 0 Å². The number of urea groups is 1. The van der Waals surface area contributed by atoms with Crippen LogP contribution in [0.2, 0.25) is 0 Å². The van der Waals surface area contributed by atoms with Gasteiger partial charge in [0.25, 0.3) is 5.91 Å². The van der Waals surface area contributed by atoms with Gasteiger partial charge in [-0.25, -0.2) is 4.79 Å². The molecule has 0 atom stereocenters. The fourth-order valence-electron chi connectivity index (χ4n) is 1.28. The van der Waals surface area contributed by atoms with Crippen molar-refractivity contribution in [3.05, 3.63) is 29.8 Å². The maximum Gasteiger partial charge on any atom is 0.318 e. The van der Waals surface area contributed by atoms with Gasteiger partial charge < -0.3 is 16.0 Å². The molecule has 3 amide bonds. The summed E-state index contributed by atoms with van der Waals surface area (Å²) in [7, 11) is 1.53. The second kappa shape index (κ2) is 5.89. The summed E-state index contributed by atoms with van der Waals surface area (Å²) in [6.07, 6.45) is 0. The maximum atomic E-state index is 11.7. The molecule has 5 heteroatoms. The van der Waals surface area contributed by atoms with Crippen LogP contribution >= 0.6 is 0 Å². The summed E-state index contributed by atoms with van der Waals surface area (Å²) in [6.45, 7) is 3.79. The van der Waals surface area contributed by atoms with Crippen molar-refractivity contribution in [2.45, 2.75) is 19.9 Å². The zero-order valence-electron chi connectivity index (χ0n) is 10.2. The molecule has 17 heavy (non-hydrogen) atoms. The minimum absolute atomic E-state index is 0.0815. The van der Waals surface area contributed by atoms with E-state index >= 15 is 0 Å². The third-order valence-corrected chi connectivity index (χ3v) is 2.03. The molecule has 0 aromatic heterocycles. The van der Waals surface area contributed by atoms with E-state index in [1.807, 2.05) is 13.8 Å². The van der Waals surface area contributed by atoms with Crippen molar-refractivity contribution in [2.75, 3.05) is 12.4 Å². The number of amides is 3. The zero-order chi connectivity index (χ0) is 12.8. The van der Waals surface area contributed by atoms with Gasteiger partial charge in [-0.1, -0.05) is 6.07 Å². The molecule has 1 rings (SSSR count). The molecule has 0 spiro atoms. The van der Waals surface area contributed by atoms with E-state index in [2.05, 4.69) is 16.0 Å². The lowest BCUT2D eigenvalue weighted by Crippen LogP contribution is -2.30. The van der Waals surface area contributed by atoms with Gasteiger partial charge in [0.15, 0.2) is 0 Å². The SMILES string of the molecule is CNC(=O)Nc1cccc(C(=O)NC(C)C)c1. The average molecular weight is 235 g/mol. The van der Waals surface area contributed by atoms with E-state index in [1.165, 1.54) is 7.05 Å². The van der Waals surface area contributed by atoms with Crippen molar-refractivity contribution < 1.29 is 9.59 Å². The largest absolute Gasteiger partial charge is 0.350 e. The number of benzene rings is 1. The number of hydrogen-bond acceptors (Lipinski definition) is 2. The number of carbonyl (C=O) groups is 2. The molecule has 0 aliphatic carbocycles. The van der Waals surface area contributed by atoms with Gasteiger partial charge in [-0.05, 0) is 32.0 Å². The first kappa shape index (κ1) is 13.0. The van der Waals surface area contributed by atoms with Crippen LogP contribution in [-0.2, 0) is 0 Å². The highest BCUT2D eigenvalue weighted by atomic mass is 16.2. The predicted molar refractivity (Wildman–Crippen MR) is 67.1 cm³/mol. The van der Waals surface area contributed by atoms with Crippen molar-refractivity contribution >= 4 is 17.6 Å². The van der Waals surface area contributed by atoms with E-state index in [4.69, 9.17) is 0 Å². The topological polar surface area (TPSA) is 70.2 Å². The summed E-state index contributed by atoms with van der Waals surface area (Å²) in [5.74, 6) is -0.152. The lowest BCUT2D eigenvalue weighted by Gasteiger charge is -2.10. The van der Waals surface area contributed by atoms with Crippen LogP contribution < -0.4 is 16.0 Å². The van der Waals surface area contributed by atoms with E-state index in [0.29, 0.717) is 11.3 Å². The third kappa shape index (κ3) is 4.14. The van der Waals surface area contributed by atoms with Crippen LogP contribution in [0.25, 0.3) is 0 Å². The summed E-state index contributed by atoms with van der Waals surface area (Å²) in [5, 5.41) is 7.84. The van der Waals surface area contributed by atoms with Gasteiger partial charge in [0.05, 0.1) is 0 Å². The molecule has 1 aromatic carbocycles. The Bertz CT molecular complexity index is 416. The van der Waals surface area contributed by atoms with E-state index in [9.17, 15) is 9.59 Å². The summed E-state index contributed by atoms with van der Waals surface area (Å²) >= 11 is 0. The number of rotatable bonds is 3. The van der Waals surface area contributed by atoms with Crippen molar-refractivity contribution in [2.24, 2.45) is 0 Å². The van der Waals surface area contributed by atoms with Gasteiger partial charge in [-0.3, -0.25) is 4.79 Å². The second-order valence-electron chi connectivity index (χ2n) is 3.91. The standard InChI is InChI=1S/C12H17N3O2/c1-8(2)14-11(16)9-5-4-6-10(7-9)15-12(17)13-3/h4-8H,1-3H3,(H,14,16)(H2,13,15,17). The van der Waals surface area contributed by atoms with Gasteiger partial charge in [-0.2, -0.15) is 0 Å². The lowest BCUT2D eigenvalue weighted by molar-refractivity contribution is 0.0943. The number of hydrogen-bond donors (Lipinski definition) is 3. The van der Waals surface area contributed by atoms with Crippen LogP contribution in [0.3, 0.4) is 0 Å². The lowest BCUT2D eigenvalue weighted by atomic mass is 10.2. The predicted octanol–water partition coefficient (Wildman–Crippen LogP) is 1.58. The molecule has 0 aliphatic heterocycles. The normalized spacial score (nSPS) is 9.88. The molecule has 1 aromatic rings. The first-order chi connectivity index (χ1) is 8.02. The molecule has 0 saturated heterocycles. The van der Waals surface area contributed by atoms with Gasteiger partial charge in [0.2, 0.25) is 0 Å². The third-order valence-electron chi connectivity index (χ3n) is 2.03. The maximum absolute atomic E-state index is 11.7. The molecule has 0 fully saturated rings. The highest BCUT2D eigenvalue weighted by Gasteiger charge is 2.07. The molecule has 0 radical (unpaired) electrons. The summed E-state index contributed by atoms with van der Waals surface area (Å²) < 4.78 is 0. The molecular weight excluding hydrogens is 218 g/mol. The Morgan fingerprint density at radius 2 is 1.94 bits per heavy atom. The van der Waals surface area contributed by atoms with E-state index < -0.39 is 0 Å². The molecule has 0 bridgehead atoms. The van der Waals surface area contributed by atoms with Crippen LogP contribution in [0.1, 0.15) is 24.2 Å². The van der Waals surface area contributed by atoms with E-state index in [-0.39, 0.29) is 18.0 Å². The van der Waals surface area contributed by atoms with Crippen LogP contribution in [-0.4, -0.2) is 25.0 Å². The Morgan fingerprint density at radius 1 is 1.24 bits per heavy atom. The molecule has 0 aliphatic rings. The van der Waals surface area contributed by atoms with E-state index in [1.54, 1.807) is 24.3 Å². The Kier molecular flexibility index (Phi) is 4.51. The molecule has 92 valence electrons. The van der Waals surface area contributed by atoms with Crippen LogP contribution in [0.15, 0.2) is 24.3 Å². The first-order valence-corrected chi connectivity index (χ1v) is 5.42. The zero-order valence-corrected chi connectivity index (χ0v) is 10.2. The fourth-order valence-corrected chi connectivity index (χ4v) is 1.28. The van der Waals surface area contributed by atoms with Crippen molar-refractivity contribution in [1.82, 2.24) is 10.6 Å². The van der Waals surface area contributed by atoms with Crippen LogP contribution in [0.4, 0.5) is 10.5 Å². The quantitative estimate of drug-likeness (QED) is 0.744. The Morgan fingerprint density at radius 3 is 2.53 bits per heavy atom. The smallest absolute Gasteiger partial charge is 0.318 e. The van der Waals surface area contributed by atoms with Crippen molar-refractivity contribution in [3.63, 3.8) is 0 Å². The summed E-state index contributed by atoms with van der Waals surface area (Å²) in [6, 6.07) is 6.55. The van der Waals surface area contributed by atoms with E-state index in [0.717, 1.165) is 0 Å². The van der Waals surface area contributed by atoms with Crippen molar-refractivity contribution in [3.8, 4) is 0 Å². The highest BCUT2D eigenvalue weighted by molar-refractivity contribution is 5.96. The summed E-state index contributed by atoms with van der Waals surface area (Å²) in [5.41, 5.74) is 1.10. The van der Waals surface area contributed by atoms with Gasteiger partial charge >= 0.3 is 6.03 Å². The fraction of sp³-hybridized carbons (Fsp3) is 0.333. The monoisotopic (exact) mass is 235 g/mol. The minimum Gasteiger partial charge on any atom is -0.350 e. The Balaban J connectivity index is 2.78. The number of nitrogens with one attached hydrogen (secondary N) is 3. The first-order valence-electron chi connectivity index (χ1n) is 5.42. The molecule has 3 N–H and O–H groups in total. The van der Waals surface area contributed by atoms with Gasteiger partial charge in [0, 0.05) is 24.3 Å². The van der Waals surface area contributed by atoms with Crippen LogP contribution in [0.5, 0.6) is 0 Å². The minimum atomic E-state index is -0.314. The molecular formula is C12H17N3O2. The van der Waals surface area contributed by atoms with Gasteiger partial charge in [-0.15, -0.1) is 0 Å². The number of carbonyl (C=O) groups excluding carboxylic acids is 2. The van der Waals surface area contributed by atoms with Gasteiger partial charge in [0.1, 0.15) is 0 Å².